The van der Waals surface area contributed by atoms with Gasteiger partial charge < -0.3 is 25.3 Å². The molecule has 2 unspecified atom stereocenters. The first-order valence-corrected chi connectivity index (χ1v) is 21.9. The molecular weight excluding hydrogens is 683 g/mol. The van der Waals surface area contributed by atoms with Crippen LogP contribution in [0.5, 0.6) is 0 Å². The molecule has 0 radical (unpaired) electrons. The van der Waals surface area contributed by atoms with E-state index in [4.69, 9.17) is 0 Å². The first-order chi connectivity index (χ1) is 27.6. The van der Waals surface area contributed by atoms with Crippen LogP contribution in [0.3, 0.4) is 0 Å². The van der Waals surface area contributed by atoms with Gasteiger partial charge in [-0.25, -0.2) is 0 Å². The van der Waals surface area contributed by atoms with Gasteiger partial charge in [0.25, 0.3) is 0 Å². The van der Waals surface area contributed by atoms with Crippen molar-refractivity contribution in [1.29, 1.82) is 0 Å². The van der Waals surface area contributed by atoms with Crippen LogP contribution in [0.1, 0.15) is 93.7 Å². The average Bonchev–Trinajstić information content (AvgIpc) is 3.59. The quantitative estimate of drug-likeness (QED) is 0.141. The zero-order valence-electron chi connectivity index (χ0n) is 33.7. The van der Waals surface area contributed by atoms with E-state index < -0.39 is 0 Å². The highest BCUT2D eigenvalue weighted by Gasteiger charge is 2.41. The van der Waals surface area contributed by atoms with Crippen LogP contribution in [0.25, 0.3) is 11.1 Å². The van der Waals surface area contributed by atoms with E-state index in [2.05, 4.69) is 161 Å². The smallest absolute Gasteiger partial charge is 0.0466 e. The third-order valence-electron chi connectivity index (χ3n) is 13.7. The molecule has 9 rings (SSSR count). The van der Waals surface area contributed by atoms with Gasteiger partial charge >= 0.3 is 0 Å². The van der Waals surface area contributed by atoms with Gasteiger partial charge in [0.05, 0.1) is 0 Å². The maximum atomic E-state index is 3.75. The number of piperidine rings is 3. The summed E-state index contributed by atoms with van der Waals surface area (Å²) in [7, 11) is 0. The first kappa shape index (κ1) is 37.2. The van der Waals surface area contributed by atoms with Crippen LogP contribution in [0, 0.1) is 0 Å². The molecule has 2 N–H and O–H groups in total. The van der Waals surface area contributed by atoms with Crippen molar-refractivity contribution in [3.05, 3.63) is 138 Å². The van der Waals surface area contributed by atoms with Gasteiger partial charge in [-0.15, -0.1) is 0 Å². The molecular formula is C51H61N5. The number of benzene rings is 5. The molecule has 0 aliphatic carbocycles. The molecule has 56 heavy (non-hydrogen) atoms. The summed E-state index contributed by atoms with van der Waals surface area (Å²) in [4.78, 5) is 7.74. The van der Waals surface area contributed by atoms with Gasteiger partial charge in [-0.2, -0.15) is 0 Å². The molecule has 4 aliphatic heterocycles. The lowest BCUT2D eigenvalue weighted by Gasteiger charge is -2.39. The maximum Gasteiger partial charge on any atom is 0.0466 e. The molecule has 290 valence electrons. The number of fused-ring (bicyclic) bond motifs is 3. The number of likely N-dealkylation sites (tertiary alicyclic amines) is 1. The van der Waals surface area contributed by atoms with Gasteiger partial charge in [0.1, 0.15) is 0 Å². The molecule has 3 saturated heterocycles. The summed E-state index contributed by atoms with van der Waals surface area (Å²) in [6.45, 7) is 12.7. The number of nitrogens with zero attached hydrogens (tertiary/aromatic N) is 3. The second-order valence-corrected chi connectivity index (χ2v) is 17.1. The van der Waals surface area contributed by atoms with E-state index in [0.717, 1.165) is 32.6 Å². The Bertz CT molecular complexity index is 2000. The lowest BCUT2D eigenvalue weighted by Crippen LogP contribution is -2.42. The van der Waals surface area contributed by atoms with Crippen LogP contribution in [0.15, 0.2) is 121 Å². The van der Waals surface area contributed by atoms with Crippen molar-refractivity contribution in [1.82, 2.24) is 15.5 Å². The number of anilines is 5. The topological polar surface area (TPSA) is 33.8 Å². The second kappa shape index (κ2) is 16.6. The molecule has 0 amide bonds. The molecule has 0 spiro atoms. The standard InChI is InChI=1S/C51H61N5/c1-3-24-51(25-28-52-29-26-51)42-34-40(33-41(35-42)39-22-31-54(30-4-2)32-23-39)38-15-17-45(18-16-38)56-49-20-19-46(36-47(49)48-37-53-27-21-50(48)56)55(43-11-7-5-8-12-43)44-13-9-6-10-14-44/h5-20,33-36,39,48,50,52-53H,3-4,21-32,37H2,1-2H3. The second-order valence-electron chi connectivity index (χ2n) is 17.1. The maximum absolute atomic E-state index is 3.75. The Kier molecular flexibility index (Phi) is 11.0. The Morgan fingerprint density at radius 2 is 1.38 bits per heavy atom. The predicted octanol–water partition coefficient (Wildman–Crippen LogP) is 11.4. The average molecular weight is 744 g/mol. The SMILES string of the molecule is CCCN1CCC(c2cc(-c3ccc(N4c5ccc(N(c6ccccc6)c6ccccc6)cc5C5CNCCC54)cc3)cc(C3(CCC)CCNCC3)c2)CC1. The molecule has 4 heterocycles. The molecule has 0 bridgehead atoms. The van der Waals surface area contributed by atoms with Crippen molar-refractivity contribution in [2.75, 3.05) is 55.6 Å². The summed E-state index contributed by atoms with van der Waals surface area (Å²) < 4.78 is 0. The van der Waals surface area contributed by atoms with Crippen molar-refractivity contribution in [2.45, 2.75) is 88.5 Å². The zero-order chi connectivity index (χ0) is 37.9. The van der Waals surface area contributed by atoms with Crippen LogP contribution in [0.4, 0.5) is 28.4 Å². The highest BCUT2D eigenvalue weighted by molar-refractivity contribution is 5.82. The van der Waals surface area contributed by atoms with Gasteiger partial charge in [-0.3, -0.25) is 0 Å². The van der Waals surface area contributed by atoms with Gasteiger partial charge in [0, 0.05) is 46.9 Å². The van der Waals surface area contributed by atoms with Crippen molar-refractivity contribution in [3.8, 4) is 11.1 Å². The van der Waals surface area contributed by atoms with Crippen LogP contribution in [0.2, 0.25) is 0 Å². The highest BCUT2D eigenvalue weighted by Crippen LogP contribution is 2.50. The molecule has 5 aromatic carbocycles. The molecule has 0 aromatic heterocycles. The van der Waals surface area contributed by atoms with E-state index in [9.17, 15) is 0 Å². The van der Waals surface area contributed by atoms with E-state index in [1.807, 2.05) is 0 Å². The zero-order valence-corrected chi connectivity index (χ0v) is 33.7. The lowest BCUT2D eigenvalue weighted by atomic mass is 9.69. The highest BCUT2D eigenvalue weighted by atomic mass is 15.2. The molecule has 5 nitrogen and oxygen atoms in total. The Labute approximate surface area is 336 Å². The van der Waals surface area contributed by atoms with Crippen LogP contribution in [-0.4, -0.2) is 56.8 Å². The summed E-state index contributed by atoms with van der Waals surface area (Å²) >= 11 is 0. The van der Waals surface area contributed by atoms with E-state index in [0.29, 0.717) is 17.9 Å². The minimum atomic E-state index is 0.270. The third kappa shape index (κ3) is 7.30. The molecule has 0 saturated carbocycles. The summed E-state index contributed by atoms with van der Waals surface area (Å²) in [6, 6.07) is 46.7. The number of para-hydroxylation sites is 2. The Hall–Kier alpha value is -4.42. The van der Waals surface area contributed by atoms with Crippen molar-refractivity contribution >= 4 is 28.4 Å². The fraction of sp³-hybridized carbons (Fsp3) is 0.412. The number of hydrogen-bond acceptors (Lipinski definition) is 5. The predicted molar refractivity (Wildman–Crippen MR) is 237 cm³/mol. The Balaban J connectivity index is 1.06. The largest absolute Gasteiger partial charge is 0.337 e. The summed E-state index contributed by atoms with van der Waals surface area (Å²) in [5.74, 6) is 1.08. The fourth-order valence-corrected chi connectivity index (χ4v) is 10.8. The lowest BCUT2D eigenvalue weighted by molar-refractivity contribution is 0.212. The van der Waals surface area contributed by atoms with E-state index in [1.165, 1.54) is 110 Å². The molecule has 4 aliphatic rings. The van der Waals surface area contributed by atoms with E-state index in [-0.39, 0.29) is 5.41 Å². The monoisotopic (exact) mass is 743 g/mol. The molecule has 3 fully saturated rings. The van der Waals surface area contributed by atoms with Crippen LogP contribution >= 0.6 is 0 Å². The van der Waals surface area contributed by atoms with E-state index >= 15 is 0 Å². The summed E-state index contributed by atoms with van der Waals surface area (Å²) in [5.41, 5.74) is 13.9. The number of nitrogens with one attached hydrogen (secondary N) is 2. The number of rotatable bonds is 11. The van der Waals surface area contributed by atoms with Crippen molar-refractivity contribution in [2.24, 2.45) is 0 Å². The van der Waals surface area contributed by atoms with Crippen molar-refractivity contribution in [3.63, 3.8) is 0 Å². The van der Waals surface area contributed by atoms with Gasteiger partial charge in [0.15, 0.2) is 0 Å². The molecule has 2 atom stereocenters. The minimum Gasteiger partial charge on any atom is -0.337 e. The normalized spacial score (nSPS) is 21.1. The Morgan fingerprint density at radius 1 is 0.661 bits per heavy atom. The first-order valence-electron chi connectivity index (χ1n) is 21.9. The van der Waals surface area contributed by atoms with Crippen LogP contribution in [-0.2, 0) is 5.41 Å². The summed E-state index contributed by atoms with van der Waals surface area (Å²) in [6.07, 6.45) is 9.90. The Morgan fingerprint density at radius 3 is 2.05 bits per heavy atom. The summed E-state index contributed by atoms with van der Waals surface area (Å²) in [5, 5.41) is 7.43. The van der Waals surface area contributed by atoms with E-state index in [1.54, 1.807) is 11.1 Å². The van der Waals surface area contributed by atoms with Crippen LogP contribution < -0.4 is 20.4 Å². The fourth-order valence-electron chi connectivity index (χ4n) is 10.8. The van der Waals surface area contributed by atoms with Crippen molar-refractivity contribution < 1.29 is 0 Å². The third-order valence-corrected chi connectivity index (χ3v) is 13.7. The van der Waals surface area contributed by atoms with Gasteiger partial charge in [-0.1, -0.05) is 87.0 Å². The molecule has 5 heteroatoms. The minimum absolute atomic E-state index is 0.270. The van der Waals surface area contributed by atoms with Gasteiger partial charge in [-0.05, 0) is 178 Å². The molecule has 5 aromatic rings. The number of hydrogen-bond donors (Lipinski definition) is 2. The van der Waals surface area contributed by atoms with Gasteiger partial charge in [0.2, 0.25) is 0 Å².